The summed E-state index contributed by atoms with van der Waals surface area (Å²) < 4.78 is 1.55. The number of hydrogen-bond donors (Lipinski definition) is 2. The SMILES string of the molecule is Cc1ccc(NC(=O)CN2CCC(c3ccccc3)C2)nc1-c1cn(C)c(=O)c2[nH]ccc12. The molecule has 5 rings (SSSR count). The standard InChI is InChI=1S/C26H27N5O2/c1-17-8-9-22(29-24(17)21-15-30(2)26(33)25-20(21)10-12-27-25)28-23(32)16-31-13-11-19(14-31)18-6-4-3-5-7-18/h3-10,12,15,19,27H,11,13-14,16H2,1-2H3,(H,28,29,32). The van der Waals surface area contributed by atoms with Crippen molar-refractivity contribution in [2.45, 2.75) is 19.3 Å². The number of rotatable bonds is 5. The average Bonchev–Trinajstić information content (AvgIpc) is 3.48. The molecule has 4 aromatic rings. The highest BCUT2D eigenvalue weighted by Gasteiger charge is 2.25. The number of amides is 1. The molecule has 33 heavy (non-hydrogen) atoms. The number of hydrogen-bond acceptors (Lipinski definition) is 4. The van der Waals surface area contributed by atoms with Gasteiger partial charge in [-0.25, -0.2) is 4.98 Å². The number of nitrogens with zero attached hydrogens (tertiary/aromatic N) is 3. The van der Waals surface area contributed by atoms with Crippen LogP contribution in [-0.4, -0.2) is 45.0 Å². The Bertz CT molecular complexity index is 1370. The molecule has 0 saturated carbocycles. The minimum atomic E-state index is -0.0831. The zero-order valence-electron chi connectivity index (χ0n) is 18.8. The number of anilines is 1. The van der Waals surface area contributed by atoms with Crippen LogP contribution < -0.4 is 10.9 Å². The second-order valence-corrected chi connectivity index (χ2v) is 8.77. The molecule has 1 aliphatic rings. The second-order valence-electron chi connectivity index (χ2n) is 8.77. The number of carbonyl (C=O) groups is 1. The zero-order valence-corrected chi connectivity index (χ0v) is 18.8. The van der Waals surface area contributed by atoms with Gasteiger partial charge in [-0.1, -0.05) is 36.4 Å². The number of pyridine rings is 2. The number of nitrogens with one attached hydrogen (secondary N) is 2. The minimum absolute atomic E-state index is 0.0710. The van der Waals surface area contributed by atoms with Crippen molar-refractivity contribution >= 4 is 22.6 Å². The lowest BCUT2D eigenvalue weighted by molar-refractivity contribution is -0.117. The van der Waals surface area contributed by atoms with Crippen LogP contribution in [0.4, 0.5) is 5.82 Å². The summed E-state index contributed by atoms with van der Waals surface area (Å²) in [6, 6.07) is 16.1. The molecule has 1 amide bonds. The van der Waals surface area contributed by atoms with E-state index in [1.54, 1.807) is 24.0 Å². The Kier molecular flexibility index (Phi) is 5.56. The summed E-state index contributed by atoms with van der Waals surface area (Å²) in [6.45, 7) is 4.11. The highest BCUT2D eigenvalue weighted by atomic mass is 16.2. The monoisotopic (exact) mass is 441 g/mol. The molecule has 168 valence electrons. The van der Waals surface area contributed by atoms with Gasteiger partial charge in [-0.3, -0.25) is 14.5 Å². The quantitative estimate of drug-likeness (QED) is 0.495. The predicted octanol–water partition coefficient (Wildman–Crippen LogP) is 3.67. The van der Waals surface area contributed by atoms with Crippen molar-refractivity contribution < 1.29 is 4.79 Å². The van der Waals surface area contributed by atoms with E-state index in [1.807, 2.05) is 31.2 Å². The Labute approximate surface area is 192 Å². The van der Waals surface area contributed by atoms with Crippen LogP contribution in [0.3, 0.4) is 0 Å². The molecule has 1 aromatic carbocycles. The number of H-pyrrole nitrogens is 1. The molecular formula is C26H27N5O2. The Hall–Kier alpha value is -3.71. The lowest BCUT2D eigenvalue weighted by Gasteiger charge is -2.16. The van der Waals surface area contributed by atoms with E-state index in [-0.39, 0.29) is 11.5 Å². The molecule has 1 saturated heterocycles. The van der Waals surface area contributed by atoms with Gasteiger partial charge in [0.1, 0.15) is 11.3 Å². The summed E-state index contributed by atoms with van der Waals surface area (Å²) in [5.41, 5.74) is 4.37. The first-order chi connectivity index (χ1) is 16.0. The van der Waals surface area contributed by atoms with Crippen LogP contribution in [0.15, 0.2) is 65.7 Å². The van der Waals surface area contributed by atoms with Crippen molar-refractivity contribution in [1.29, 1.82) is 0 Å². The maximum Gasteiger partial charge on any atom is 0.274 e. The van der Waals surface area contributed by atoms with Crippen molar-refractivity contribution in [3.63, 3.8) is 0 Å². The van der Waals surface area contributed by atoms with Crippen LogP contribution >= 0.6 is 0 Å². The molecule has 1 atom stereocenters. The molecule has 0 bridgehead atoms. The van der Waals surface area contributed by atoms with Gasteiger partial charge in [-0.15, -0.1) is 0 Å². The zero-order chi connectivity index (χ0) is 22.9. The Morgan fingerprint density at radius 1 is 1.18 bits per heavy atom. The van der Waals surface area contributed by atoms with Gasteiger partial charge < -0.3 is 14.9 Å². The van der Waals surface area contributed by atoms with Crippen molar-refractivity contribution in [1.82, 2.24) is 19.4 Å². The second kappa shape index (κ2) is 8.67. The van der Waals surface area contributed by atoms with Gasteiger partial charge in [-0.05, 0) is 49.1 Å². The Balaban J connectivity index is 1.32. The summed E-state index contributed by atoms with van der Waals surface area (Å²) in [4.78, 5) is 35.1. The number of likely N-dealkylation sites (tertiary alicyclic amines) is 1. The van der Waals surface area contributed by atoms with Crippen LogP contribution in [-0.2, 0) is 11.8 Å². The topological polar surface area (TPSA) is 83.0 Å². The summed E-state index contributed by atoms with van der Waals surface area (Å²) in [5.74, 6) is 0.909. The molecule has 1 fully saturated rings. The number of benzene rings is 1. The fourth-order valence-electron chi connectivity index (χ4n) is 4.69. The van der Waals surface area contributed by atoms with E-state index >= 15 is 0 Å². The first kappa shape index (κ1) is 21.2. The first-order valence-corrected chi connectivity index (χ1v) is 11.2. The number of carbonyl (C=O) groups excluding carboxylic acids is 1. The molecule has 0 spiro atoms. The molecular weight excluding hydrogens is 414 g/mol. The van der Waals surface area contributed by atoms with Gasteiger partial charge >= 0.3 is 0 Å². The van der Waals surface area contributed by atoms with Crippen molar-refractivity contribution in [2.24, 2.45) is 7.05 Å². The third-order valence-electron chi connectivity index (χ3n) is 6.42. The Morgan fingerprint density at radius 3 is 2.82 bits per heavy atom. The lowest BCUT2D eigenvalue weighted by atomic mass is 9.99. The number of aromatic nitrogens is 3. The highest BCUT2D eigenvalue weighted by Crippen LogP contribution is 2.29. The smallest absolute Gasteiger partial charge is 0.274 e. The molecule has 4 heterocycles. The molecule has 1 unspecified atom stereocenters. The van der Waals surface area contributed by atoms with E-state index in [9.17, 15) is 9.59 Å². The number of fused-ring (bicyclic) bond motifs is 1. The largest absolute Gasteiger partial charge is 0.357 e. The number of aryl methyl sites for hydroxylation is 2. The fraction of sp³-hybridized carbons (Fsp3) is 0.269. The lowest BCUT2D eigenvalue weighted by Crippen LogP contribution is -2.31. The molecule has 2 N–H and O–H groups in total. The van der Waals surface area contributed by atoms with Gasteiger partial charge in [0.05, 0.1) is 12.2 Å². The van der Waals surface area contributed by atoms with Gasteiger partial charge in [0.25, 0.3) is 5.56 Å². The molecule has 7 heteroatoms. The van der Waals surface area contributed by atoms with E-state index < -0.39 is 0 Å². The molecule has 3 aromatic heterocycles. The van der Waals surface area contributed by atoms with E-state index in [0.29, 0.717) is 23.8 Å². The third kappa shape index (κ3) is 4.19. The average molecular weight is 442 g/mol. The molecule has 7 nitrogen and oxygen atoms in total. The summed E-state index contributed by atoms with van der Waals surface area (Å²) >= 11 is 0. The van der Waals surface area contributed by atoms with Crippen LogP contribution in [0.5, 0.6) is 0 Å². The van der Waals surface area contributed by atoms with E-state index in [4.69, 9.17) is 4.98 Å². The predicted molar refractivity (Wildman–Crippen MR) is 130 cm³/mol. The summed E-state index contributed by atoms with van der Waals surface area (Å²) in [6.07, 6.45) is 4.62. The minimum Gasteiger partial charge on any atom is -0.357 e. The maximum atomic E-state index is 12.8. The van der Waals surface area contributed by atoms with Crippen molar-refractivity contribution in [3.05, 3.63) is 82.4 Å². The number of aromatic amines is 1. The van der Waals surface area contributed by atoms with E-state index in [2.05, 4.69) is 39.5 Å². The van der Waals surface area contributed by atoms with Crippen LogP contribution in [0, 0.1) is 6.92 Å². The summed E-state index contributed by atoms with van der Waals surface area (Å²) in [5, 5.41) is 3.78. The first-order valence-electron chi connectivity index (χ1n) is 11.2. The van der Waals surface area contributed by atoms with Crippen LogP contribution in [0.2, 0.25) is 0 Å². The normalized spacial score (nSPS) is 16.4. The summed E-state index contributed by atoms with van der Waals surface area (Å²) in [7, 11) is 1.73. The maximum absolute atomic E-state index is 12.8. The van der Waals surface area contributed by atoms with Gasteiger partial charge in [0.2, 0.25) is 5.91 Å². The highest BCUT2D eigenvalue weighted by molar-refractivity contribution is 5.95. The van der Waals surface area contributed by atoms with Gasteiger partial charge in [0, 0.05) is 36.9 Å². The fourth-order valence-corrected chi connectivity index (χ4v) is 4.69. The molecule has 0 radical (unpaired) electrons. The third-order valence-corrected chi connectivity index (χ3v) is 6.42. The van der Waals surface area contributed by atoms with Crippen molar-refractivity contribution in [2.75, 3.05) is 25.0 Å². The van der Waals surface area contributed by atoms with Crippen LogP contribution in [0.1, 0.15) is 23.5 Å². The van der Waals surface area contributed by atoms with Gasteiger partial charge in [0.15, 0.2) is 0 Å². The Morgan fingerprint density at radius 2 is 2.00 bits per heavy atom. The molecule has 0 aliphatic carbocycles. The van der Waals surface area contributed by atoms with E-state index in [0.717, 1.165) is 41.7 Å². The molecule has 1 aliphatic heterocycles. The van der Waals surface area contributed by atoms with E-state index in [1.165, 1.54) is 5.56 Å². The van der Waals surface area contributed by atoms with Crippen LogP contribution in [0.25, 0.3) is 22.2 Å². The van der Waals surface area contributed by atoms with Crippen molar-refractivity contribution in [3.8, 4) is 11.3 Å². The van der Waals surface area contributed by atoms with Gasteiger partial charge in [-0.2, -0.15) is 0 Å².